The smallest absolute Gasteiger partial charge is 0.201 e. The lowest BCUT2D eigenvalue weighted by Gasteiger charge is -2.38. The molecular formula is C38H42N2O6. The van der Waals surface area contributed by atoms with Crippen molar-refractivity contribution in [3.63, 3.8) is 0 Å². The lowest BCUT2D eigenvalue weighted by Crippen LogP contribution is -2.36. The van der Waals surface area contributed by atoms with E-state index in [-0.39, 0.29) is 23.6 Å². The molecule has 4 aliphatic rings. The van der Waals surface area contributed by atoms with Crippen LogP contribution in [0.3, 0.4) is 0 Å². The van der Waals surface area contributed by atoms with Crippen molar-refractivity contribution in [3.05, 3.63) is 94.0 Å². The van der Waals surface area contributed by atoms with Gasteiger partial charge < -0.3 is 29.2 Å². The molecule has 4 aromatic carbocycles. The van der Waals surface area contributed by atoms with Gasteiger partial charge in [-0.1, -0.05) is 32.0 Å². The van der Waals surface area contributed by atoms with E-state index in [1.807, 2.05) is 30.3 Å². The van der Waals surface area contributed by atoms with E-state index >= 15 is 0 Å². The molecule has 0 fully saturated rings. The Hall–Kier alpha value is -4.40. The number of nitrogens with zero attached hydrogens (tertiary/aromatic N) is 2. The summed E-state index contributed by atoms with van der Waals surface area (Å²) in [5, 5.41) is 22.5. The monoisotopic (exact) mass is 622 g/mol. The van der Waals surface area contributed by atoms with Crippen LogP contribution in [0, 0.1) is 0 Å². The fraction of sp³-hybridized carbons (Fsp3) is 0.368. The van der Waals surface area contributed by atoms with Crippen LogP contribution in [-0.4, -0.2) is 60.4 Å². The number of fused-ring (bicyclic) bond motifs is 2. The Kier molecular flexibility index (Phi) is 8.17. The molecule has 4 heterocycles. The van der Waals surface area contributed by atoms with Crippen molar-refractivity contribution < 1.29 is 29.2 Å². The third-order valence-corrected chi connectivity index (χ3v) is 9.96. The molecule has 0 aliphatic carbocycles. The highest BCUT2D eigenvalue weighted by Crippen LogP contribution is 2.50. The number of phenolic OH excluding ortho intramolecular Hbond substituents is 2. The first-order valence-electron chi connectivity index (χ1n) is 16.3. The molecule has 0 unspecified atom stereocenters. The molecule has 0 saturated heterocycles. The Morgan fingerprint density at radius 3 is 2.09 bits per heavy atom. The normalized spacial score (nSPS) is 19.3. The summed E-state index contributed by atoms with van der Waals surface area (Å²) in [5.41, 5.74) is 6.67. The van der Waals surface area contributed by atoms with E-state index in [4.69, 9.17) is 18.9 Å². The van der Waals surface area contributed by atoms with Crippen LogP contribution in [-0.2, 0) is 25.7 Å². The summed E-state index contributed by atoms with van der Waals surface area (Å²) in [6.07, 6.45) is 3.16. The fourth-order valence-corrected chi connectivity index (χ4v) is 7.49. The number of rotatable bonds is 4. The van der Waals surface area contributed by atoms with Crippen molar-refractivity contribution in [2.24, 2.45) is 0 Å². The average Bonchev–Trinajstić information content (AvgIpc) is 3.07. The molecule has 0 saturated carbocycles. The van der Waals surface area contributed by atoms with Gasteiger partial charge in [0.1, 0.15) is 5.75 Å². The van der Waals surface area contributed by atoms with Crippen LogP contribution in [0.15, 0.2) is 60.7 Å². The van der Waals surface area contributed by atoms with Crippen molar-refractivity contribution in [3.8, 4) is 46.0 Å². The van der Waals surface area contributed by atoms with Gasteiger partial charge in [0.2, 0.25) is 5.75 Å². The number of hydrogen-bond acceptors (Lipinski definition) is 8. The summed E-state index contributed by atoms with van der Waals surface area (Å²) < 4.78 is 24.5. The van der Waals surface area contributed by atoms with E-state index in [0.717, 1.165) is 62.1 Å². The topological polar surface area (TPSA) is 83.9 Å². The Bertz CT molecular complexity index is 1750. The van der Waals surface area contributed by atoms with Crippen LogP contribution in [0.25, 0.3) is 0 Å². The van der Waals surface area contributed by atoms with Gasteiger partial charge in [-0.05, 0) is 109 Å². The van der Waals surface area contributed by atoms with Crippen molar-refractivity contribution in [1.82, 2.24) is 9.80 Å². The minimum absolute atomic E-state index is 0.00341. The second-order valence-corrected chi connectivity index (χ2v) is 12.4. The van der Waals surface area contributed by atoms with E-state index in [1.165, 1.54) is 16.7 Å². The molecule has 4 aromatic rings. The SMILES string of the molecule is CCN1CCc2cc(OC)c3cc2[C@H]1Cc1ccc(cc1)Oc1c(O)c(OC)cc2c1[C@H](Cc1ccc(O)c(c1)O3)N(CC)CC2. The van der Waals surface area contributed by atoms with Gasteiger partial charge in [-0.2, -0.15) is 0 Å². The lowest BCUT2D eigenvalue weighted by molar-refractivity contribution is 0.188. The number of ether oxygens (including phenoxy) is 4. The fourth-order valence-electron chi connectivity index (χ4n) is 7.49. The molecule has 8 rings (SSSR count). The lowest BCUT2D eigenvalue weighted by atomic mass is 9.87. The first-order chi connectivity index (χ1) is 22.4. The van der Waals surface area contributed by atoms with Gasteiger partial charge in [-0.3, -0.25) is 9.80 Å². The largest absolute Gasteiger partial charge is 0.504 e. The number of benzene rings is 4. The van der Waals surface area contributed by atoms with Gasteiger partial charge in [0.15, 0.2) is 34.5 Å². The van der Waals surface area contributed by atoms with E-state index < -0.39 is 0 Å². The summed E-state index contributed by atoms with van der Waals surface area (Å²) in [4.78, 5) is 4.90. The third-order valence-electron chi connectivity index (χ3n) is 9.96. The average molecular weight is 623 g/mol. The Morgan fingerprint density at radius 1 is 0.717 bits per heavy atom. The molecule has 8 heteroatoms. The maximum absolute atomic E-state index is 11.5. The van der Waals surface area contributed by atoms with Crippen LogP contribution >= 0.6 is 0 Å². The zero-order valence-electron chi connectivity index (χ0n) is 27.0. The molecule has 6 bridgehead atoms. The van der Waals surface area contributed by atoms with Crippen LogP contribution in [0.4, 0.5) is 0 Å². The maximum Gasteiger partial charge on any atom is 0.201 e. The molecule has 240 valence electrons. The van der Waals surface area contributed by atoms with Gasteiger partial charge in [-0.25, -0.2) is 0 Å². The zero-order chi connectivity index (χ0) is 31.9. The van der Waals surface area contributed by atoms with Crippen LogP contribution in [0.2, 0.25) is 0 Å². The zero-order valence-corrected chi connectivity index (χ0v) is 27.0. The highest BCUT2D eigenvalue weighted by Gasteiger charge is 2.34. The molecule has 0 spiro atoms. The number of aromatic hydroxyl groups is 2. The number of methoxy groups -OCH3 is 2. The maximum atomic E-state index is 11.5. The van der Waals surface area contributed by atoms with Gasteiger partial charge in [0, 0.05) is 30.7 Å². The summed E-state index contributed by atoms with van der Waals surface area (Å²) in [7, 11) is 3.23. The van der Waals surface area contributed by atoms with Crippen LogP contribution in [0.1, 0.15) is 59.3 Å². The molecule has 0 amide bonds. The summed E-state index contributed by atoms with van der Waals surface area (Å²) >= 11 is 0. The number of likely N-dealkylation sites (N-methyl/N-ethyl adjacent to an activating group) is 2. The molecule has 46 heavy (non-hydrogen) atoms. The predicted molar refractivity (Wildman–Crippen MR) is 177 cm³/mol. The van der Waals surface area contributed by atoms with E-state index in [0.29, 0.717) is 40.9 Å². The Balaban J connectivity index is 1.42. The van der Waals surface area contributed by atoms with E-state index in [1.54, 1.807) is 20.3 Å². The molecule has 0 aromatic heterocycles. The predicted octanol–water partition coefficient (Wildman–Crippen LogP) is 7.34. The van der Waals surface area contributed by atoms with Gasteiger partial charge >= 0.3 is 0 Å². The summed E-state index contributed by atoms with van der Waals surface area (Å²) in [6, 6.07) is 20.0. The second kappa shape index (κ2) is 12.4. The molecule has 2 N–H and O–H groups in total. The molecular weight excluding hydrogens is 580 g/mol. The molecule has 8 nitrogen and oxygen atoms in total. The van der Waals surface area contributed by atoms with Crippen molar-refractivity contribution in [2.45, 2.75) is 51.6 Å². The summed E-state index contributed by atoms with van der Waals surface area (Å²) in [6.45, 7) is 7.92. The van der Waals surface area contributed by atoms with Gasteiger partial charge in [-0.15, -0.1) is 0 Å². The van der Waals surface area contributed by atoms with E-state index in [9.17, 15) is 10.2 Å². The molecule has 2 atom stereocenters. The Morgan fingerprint density at radius 2 is 1.37 bits per heavy atom. The van der Waals surface area contributed by atoms with Crippen molar-refractivity contribution in [2.75, 3.05) is 40.4 Å². The highest BCUT2D eigenvalue weighted by molar-refractivity contribution is 5.62. The standard InChI is InChI=1S/C38H42N2O6/c1-5-39-15-13-25-20-33(43-3)34-22-28(25)29(39)17-23-7-10-27(11-8-23)45-38-36-26(21-35(44-4)37(38)42)14-16-40(6-2)30(36)18-24-9-12-31(41)32(19-24)46-34/h7-12,19-22,29-30,41-42H,5-6,13-18H2,1-4H3/t29-,30+/m1/s1. The van der Waals surface area contributed by atoms with Gasteiger partial charge in [0.25, 0.3) is 0 Å². The second-order valence-electron chi connectivity index (χ2n) is 12.4. The number of phenols is 2. The molecule has 4 aliphatic heterocycles. The summed E-state index contributed by atoms with van der Waals surface area (Å²) in [5.74, 6) is 3.15. The first kappa shape index (κ1) is 30.3. The Labute approximate surface area is 270 Å². The number of hydrogen-bond donors (Lipinski definition) is 2. The minimum Gasteiger partial charge on any atom is -0.504 e. The molecule has 0 radical (unpaired) electrons. The quantitative estimate of drug-likeness (QED) is 0.245. The van der Waals surface area contributed by atoms with E-state index in [2.05, 4.69) is 47.9 Å². The van der Waals surface area contributed by atoms with Crippen molar-refractivity contribution >= 4 is 0 Å². The highest BCUT2D eigenvalue weighted by atomic mass is 16.5. The van der Waals surface area contributed by atoms with Gasteiger partial charge in [0.05, 0.1) is 14.2 Å². The first-order valence-corrected chi connectivity index (χ1v) is 16.3. The van der Waals surface area contributed by atoms with Crippen LogP contribution in [0.5, 0.6) is 46.0 Å². The van der Waals surface area contributed by atoms with Crippen molar-refractivity contribution in [1.29, 1.82) is 0 Å². The minimum atomic E-state index is -0.0878. The van der Waals surface area contributed by atoms with Crippen LogP contribution < -0.4 is 18.9 Å². The third kappa shape index (κ3) is 5.39.